The van der Waals surface area contributed by atoms with E-state index in [0.29, 0.717) is 11.4 Å². The van der Waals surface area contributed by atoms with Crippen molar-refractivity contribution in [3.63, 3.8) is 0 Å². The van der Waals surface area contributed by atoms with Crippen molar-refractivity contribution in [2.24, 2.45) is 0 Å². The van der Waals surface area contributed by atoms with E-state index in [1.54, 1.807) is 0 Å². The Hall–Kier alpha value is -0.840. The van der Waals surface area contributed by atoms with Gasteiger partial charge in [0.05, 0.1) is 17.3 Å². The number of hydrogen-bond donors (Lipinski definition) is 3. The van der Waals surface area contributed by atoms with Crippen molar-refractivity contribution in [3.05, 3.63) is 17.2 Å². The van der Waals surface area contributed by atoms with Crippen molar-refractivity contribution in [2.45, 2.75) is 0 Å². The normalized spacial score (nSPS) is 9.29. The SMILES string of the molecule is Cl.Nc1cc(Cl)c(O)cc1OCCO. The molecule has 0 radical (unpaired) electrons. The zero-order valence-corrected chi connectivity index (χ0v) is 8.81. The zero-order valence-electron chi connectivity index (χ0n) is 7.24. The highest BCUT2D eigenvalue weighted by atomic mass is 35.5. The number of anilines is 1. The molecule has 0 saturated carbocycles. The number of ether oxygens (including phenoxy) is 1. The van der Waals surface area contributed by atoms with E-state index >= 15 is 0 Å². The molecule has 0 aliphatic rings. The summed E-state index contributed by atoms with van der Waals surface area (Å²) in [6.07, 6.45) is 0. The largest absolute Gasteiger partial charge is 0.506 e. The minimum atomic E-state index is -0.108. The predicted molar refractivity (Wildman–Crippen MR) is 57.4 cm³/mol. The van der Waals surface area contributed by atoms with Crippen LogP contribution < -0.4 is 10.5 Å². The fraction of sp³-hybridized carbons (Fsp3) is 0.250. The molecule has 0 unspecified atom stereocenters. The first-order valence-corrected chi connectivity index (χ1v) is 4.04. The molecule has 1 aromatic rings. The highest BCUT2D eigenvalue weighted by Gasteiger charge is 2.05. The van der Waals surface area contributed by atoms with E-state index in [0.717, 1.165) is 0 Å². The number of nitrogen functional groups attached to an aromatic ring is 1. The maximum atomic E-state index is 9.19. The Balaban J connectivity index is 0.00000169. The maximum absolute atomic E-state index is 9.19. The molecule has 0 atom stereocenters. The fourth-order valence-electron chi connectivity index (χ4n) is 0.839. The summed E-state index contributed by atoms with van der Waals surface area (Å²) in [4.78, 5) is 0. The number of phenols is 1. The molecule has 1 rings (SSSR count). The van der Waals surface area contributed by atoms with Gasteiger partial charge in [-0.25, -0.2) is 0 Å². The molecule has 0 aromatic heterocycles. The summed E-state index contributed by atoms with van der Waals surface area (Å²) in [5, 5.41) is 17.9. The summed E-state index contributed by atoms with van der Waals surface area (Å²) < 4.78 is 5.03. The van der Waals surface area contributed by atoms with Crippen molar-refractivity contribution < 1.29 is 14.9 Å². The summed E-state index contributed by atoms with van der Waals surface area (Å²) >= 11 is 5.59. The third kappa shape index (κ3) is 3.14. The standard InChI is InChI=1S/C8H10ClNO3.ClH/c9-5-3-6(10)8(4-7(5)12)13-2-1-11;/h3-4,11-12H,1-2,10H2;1H. The van der Waals surface area contributed by atoms with Gasteiger partial charge in [-0.1, -0.05) is 11.6 Å². The molecule has 14 heavy (non-hydrogen) atoms. The second kappa shape index (κ2) is 5.80. The van der Waals surface area contributed by atoms with Gasteiger partial charge < -0.3 is 20.7 Å². The van der Waals surface area contributed by atoms with E-state index in [-0.39, 0.29) is 36.4 Å². The minimum Gasteiger partial charge on any atom is -0.506 e. The van der Waals surface area contributed by atoms with Crippen LogP contribution in [0.2, 0.25) is 5.02 Å². The number of aliphatic hydroxyl groups excluding tert-OH is 1. The molecule has 0 aliphatic carbocycles. The van der Waals surface area contributed by atoms with Crippen molar-refractivity contribution in [1.82, 2.24) is 0 Å². The lowest BCUT2D eigenvalue weighted by molar-refractivity contribution is 0.201. The first-order valence-electron chi connectivity index (χ1n) is 3.66. The number of halogens is 2. The number of nitrogens with two attached hydrogens (primary N) is 1. The Morgan fingerprint density at radius 1 is 1.43 bits per heavy atom. The van der Waals surface area contributed by atoms with Crippen LogP contribution in [0.15, 0.2) is 12.1 Å². The average molecular weight is 240 g/mol. The summed E-state index contributed by atoms with van der Waals surface area (Å²) in [6, 6.07) is 2.71. The van der Waals surface area contributed by atoms with Crippen LogP contribution in [-0.2, 0) is 0 Å². The quantitative estimate of drug-likeness (QED) is 0.551. The third-order valence-electron chi connectivity index (χ3n) is 1.43. The van der Waals surface area contributed by atoms with Crippen LogP contribution in [-0.4, -0.2) is 23.4 Å². The summed E-state index contributed by atoms with van der Waals surface area (Å²) in [5.74, 6) is 0.222. The van der Waals surface area contributed by atoms with Crippen molar-refractivity contribution in [3.8, 4) is 11.5 Å². The molecule has 0 spiro atoms. The number of aliphatic hydroxyl groups is 1. The highest BCUT2D eigenvalue weighted by molar-refractivity contribution is 6.32. The second-order valence-electron chi connectivity index (χ2n) is 2.41. The number of rotatable bonds is 3. The molecular formula is C8H11Cl2NO3. The van der Waals surface area contributed by atoms with Crippen LogP contribution in [0.4, 0.5) is 5.69 Å². The molecule has 0 fully saturated rings. The van der Waals surface area contributed by atoms with Crippen LogP contribution >= 0.6 is 24.0 Å². The Kier molecular flexibility index (Phi) is 5.45. The molecule has 80 valence electrons. The smallest absolute Gasteiger partial charge is 0.146 e. The molecule has 4 nitrogen and oxygen atoms in total. The summed E-state index contributed by atoms with van der Waals surface area (Å²) in [7, 11) is 0. The molecule has 0 bridgehead atoms. The van der Waals surface area contributed by atoms with Gasteiger partial charge in [0.1, 0.15) is 18.1 Å². The van der Waals surface area contributed by atoms with Gasteiger partial charge in [-0.15, -0.1) is 12.4 Å². The molecule has 0 aliphatic heterocycles. The molecule has 4 N–H and O–H groups in total. The van der Waals surface area contributed by atoms with Gasteiger partial charge >= 0.3 is 0 Å². The average Bonchev–Trinajstić information content (AvgIpc) is 2.09. The Bertz CT molecular complexity index is 307. The fourth-order valence-corrected chi connectivity index (χ4v) is 1.01. The lowest BCUT2D eigenvalue weighted by atomic mass is 10.3. The number of hydrogen-bond acceptors (Lipinski definition) is 4. The van der Waals surface area contributed by atoms with Gasteiger partial charge in [0.15, 0.2) is 0 Å². The van der Waals surface area contributed by atoms with E-state index < -0.39 is 0 Å². The lowest BCUT2D eigenvalue weighted by Crippen LogP contribution is -2.03. The van der Waals surface area contributed by atoms with Crippen LogP contribution in [0.1, 0.15) is 0 Å². The maximum Gasteiger partial charge on any atom is 0.146 e. The molecule has 6 heteroatoms. The molecule has 0 heterocycles. The topological polar surface area (TPSA) is 75.7 Å². The van der Waals surface area contributed by atoms with Crippen LogP contribution in [0.5, 0.6) is 11.5 Å². The molecule has 0 saturated heterocycles. The second-order valence-corrected chi connectivity index (χ2v) is 2.82. The van der Waals surface area contributed by atoms with Crippen LogP contribution in [0.25, 0.3) is 0 Å². The van der Waals surface area contributed by atoms with Gasteiger partial charge in [0.2, 0.25) is 0 Å². The van der Waals surface area contributed by atoms with E-state index in [9.17, 15) is 5.11 Å². The van der Waals surface area contributed by atoms with Crippen molar-refractivity contribution >= 4 is 29.7 Å². The number of phenolic OH excluding ortho intramolecular Hbond substituents is 1. The van der Waals surface area contributed by atoms with E-state index in [1.807, 2.05) is 0 Å². The van der Waals surface area contributed by atoms with Crippen LogP contribution in [0.3, 0.4) is 0 Å². The van der Waals surface area contributed by atoms with Gasteiger partial charge in [-0.2, -0.15) is 0 Å². The van der Waals surface area contributed by atoms with Gasteiger partial charge in [0, 0.05) is 6.07 Å². The first-order chi connectivity index (χ1) is 6.15. The molecular weight excluding hydrogens is 229 g/mol. The van der Waals surface area contributed by atoms with Crippen molar-refractivity contribution in [2.75, 3.05) is 18.9 Å². The lowest BCUT2D eigenvalue weighted by Gasteiger charge is -2.08. The Morgan fingerprint density at radius 2 is 2.07 bits per heavy atom. The Morgan fingerprint density at radius 3 is 2.64 bits per heavy atom. The van der Waals surface area contributed by atoms with Crippen LogP contribution in [0, 0.1) is 0 Å². The third-order valence-corrected chi connectivity index (χ3v) is 1.73. The molecule has 1 aromatic carbocycles. The highest BCUT2D eigenvalue weighted by Crippen LogP contribution is 2.33. The van der Waals surface area contributed by atoms with Gasteiger partial charge in [0.25, 0.3) is 0 Å². The summed E-state index contributed by atoms with van der Waals surface area (Å²) in [6.45, 7) is 0.0219. The Labute approximate surface area is 92.7 Å². The van der Waals surface area contributed by atoms with Crippen molar-refractivity contribution in [1.29, 1.82) is 0 Å². The number of aromatic hydroxyl groups is 1. The van der Waals surface area contributed by atoms with Gasteiger partial charge in [-0.3, -0.25) is 0 Å². The van der Waals surface area contributed by atoms with E-state index in [1.165, 1.54) is 12.1 Å². The monoisotopic (exact) mass is 239 g/mol. The zero-order chi connectivity index (χ0) is 9.84. The minimum absolute atomic E-state index is 0. The van der Waals surface area contributed by atoms with Gasteiger partial charge in [-0.05, 0) is 6.07 Å². The molecule has 0 amide bonds. The summed E-state index contributed by atoms with van der Waals surface area (Å²) in [5.41, 5.74) is 5.86. The predicted octanol–water partition coefficient (Wildman–Crippen LogP) is 1.42. The first kappa shape index (κ1) is 13.2. The number of benzene rings is 1. The van der Waals surface area contributed by atoms with E-state index in [4.69, 9.17) is 27.2 Å². The van der Waals surface area contributed by atoms with E-state index in [2.05, 4.69) is 0 Å².